The number of hydrogen-bond donors (Lipinski definition) is 3. The molecule has 0 spiro atoms. The summed E-state index contributed by atoms with van der Waals surface area (Å²) in [5.74, 6) is 0.952. The molecule has 0 aromatic carbocycles. The average Bonchev–Trinajstić information content (AvgIpc) is 2.93. The molecule has 0 saturated heterocycles. The molecule has 20 heavy (non-hydrogen) atoms. The van der Waals surface area contributed by atoms with Crippen molar-refractivity contribution in [1.29, 1.82) is 0 Å². The van der Waals surface area contributed by atoms with Crippen molar-refractivity contribution >= 4 is 11.5 Å². The number of nitrogens with one attached hydrogen (secondary N) is 2. The van der Waals surface area contributed by atoms with E-state index in [-0.39, 0.29) is 0 Å². The van der Waals surface area contributed by atoms with Crippen LogP contribution >= 0.6 is 0 Å². The van der Waals surface area contributed by atoms with E-state index in [1.54, 1.807) is 0 Å². The third-order valence-corrected chi connectivity index (χ3v) is 3.46. The molecule has 0 aliphatic carbocycles. The Balaban J connectivity index is 1.89. The third kappa shape index (κ3) is 3.12. The highest BCUT2D eigenvalue weighted by atomic mass is 15.3. The lowest BCUT2D eigenvalue weighted by atomic mass is 10.1. The van der Waals surface area contributed by atoms with Crippen molar-refractivity contribution in [3.8, 4) is 0 Å². The van der Waals surface area contributed by atoms with Crippen molar-refractivity contribution in [2.75, 3.05) is 17.6 Å². The highest BCUT2D eigenvalue weighted by molar-refractivity contribution is 5.64. The summed E-state index contributed by atoms with van der Waals surface area (Å²) in [4.78, 5) is 0. The Morgan fingerprint density at radius 1 is 1.40 bits per heavy atom. The van der Waals surface area contributed by atoms with Gasteiger partial charge in [-0.1, -0.05) is 6.92 Å². The van der Waals surface area contributed by atoms with Gasteiger partial charge in [-0.15, -0.1) is 0 Å². The van der Waals surface area contributed by atoms with Crippen LogP contribution in [0.5, 0.6) is 0 Å². The highest BCUT2D eigenvalue weighted by Crippen LogP contribution is 2.22. The monoisotopic (exact) mass is 276 g/mol. The zero-order valence-electron chi connectivity index (χ0n) is 12.5. The molecule has 110 valence electrons. The van der Waals surface area contributed by atoms with Gasteiger partial charge in [0.05, 0.1) is 17.6 Å². The van der Waals surface area contributed by atoms with Gasteiger partial charge in [-0.2, -0.15) is 10.2 Å². The van der Waals surface area contributed by atoms with Crippen LogP contribution in [0.4, 0.5) is 11.5 Å². The molecule has 0 radical (unpaired) electrons. The van der Waals surface area contributed by atoms with Crippen LogP contribution in [-0.2, 0) is 13.0 Å². The summed E-state index contributed by atoms with van der Waals surface area (Å²) in [6.45, 7) is 7.90. The zero-order valence-corrected chi connectivity index (χ0v) is 12.5. The Morgan fingerprint density at radius 3 is 2.85 bits per heavy atom. The number of nitrogens with zero attached hydrogens (tertiary/aromatic N) is 3. The summed E-state index contributed by atoms with van der Waals surface area (Å²) in [5, 5.41) is 14.9. The molecule has 2 aromatic rings. The van der Waals surface area contributed by atoms with E-state index in [1.165, 1.54) is 5.56 Å². The SMILES string of the molecule is CCCn1nc(C)c(N)c1NCCCc1cn[nH]c1C. The number of aryl methyl sites for hydroxylation is 4. The molecule has 0 aliphatic rings. The molecule has 0 saturated carbocycles. The Hall–Kier alpha value is -1.98. The average molecular weight is 276 g/mol. The van der Waals surface area contributed by atoms with Crippen LogP contribution in [0.3, 0.4) is 0 Å². The third-order valence-electron chi connectivity index (χ3n) is 3.46. The number of hydrogen-bond acceptors (Lipinski definition) is 4. The highest BCUT2D eigenvalue weighted by Gasteiger charge is 2.11. The fraction of sp³-hybridized carbons (Fsp3) is 0.571. The Kier molecular flexibility index (Phi) is 4.65. The summed E-state index contributed by atoms with van der Waals surface area (Å²) >= 11 is 0. The molecule has 6 heteroatoms. The van der Waals surface area contributed by atoms with Crippen molar-refractivity contribution < 1.29 is 0 Å². The van der Waals surface area contributed by atoms with Crippen molar-refractivity contribution in [1.82, 2.24) is 20.0 Å². The van der Waals surface area contributed by atoms with Gasteiger partial charge >= 0.3 is 0 Å². The molecular weight excluding hydrogens is 252 g/mol. The standard InChI is InChI=1S/C14H24N6/c1-4-8-20-14(13(15)11(3)19-20)16-7-5-6-12-9-17-18-10(12)2/h9,16H,4-8,15H2,1-3H3,(H,17,18). The summed E-state index contributed by atoms with van der Waals surface area (Å²) in [6.07, 6.45) is 4.99. The quantitative estimate of drug-likeness (QED) is 0.677. The van der Waals surface area contributed by atoms with Gasteiger partial charge in [-0.05, 0) is 38.7 Å². The van der Waals surface area contributed by atoms with Crippen LogP contribution in [0.25, 0.3) is 0 Å². The maximum Gasteiger partial charge on any atom is 0.148 e. The first-order valence-corrected chi connectivity index (χ1v) is 7.19. The first-order valence-electron chi connectivity index (χ1n) is 7.19. The van der Waals surface area contributed by atoms with E-state index in [0.717, 1.165) is 55.2 Å². The summed E-state index contributed by atoms with van der Waals surface area (Å²) in [6, 6.07) is 0. The van der Waals surface area contributed by atoms with Gasteiger partial charge in [0.15, 0.2) is 0 Å². The van der Waals surface area contributed by atoms with Crippen LogP contribution < -0.4 is 11.1 Å². The predicted octanol–water partition coefficient (Wildman–Crippen LogP) is 2.26. The molecule has 4 N–H and O–H groups in total. The maximum atomic E-state index is 6.07. The lowest BCUT2D eigenvalue weighted by molar-refractivity contribution is 0.602. The van der Waals surface area contributed by atoms with E-state index in [2.05, 4.69) is 27.5 Å². The summed E-state index contributed by atoms with van der Waals surface area (Å²) in [5.41, 5.74) is 10.2. The number of anilines is 2. The minimum atomic E-state index is 0.762. The molecule has 2 aromatic heterocycles. The first-order chi connectivity index (χ1) is 9.63. The van der Waals surface area contributed by atoms with Crippen LogP contribution in [0.1, 0.15) is 36.7 Å². The van der Waals surface area contributed by atoms with E-state index < -0.39 is 0 Å². The van der Waals surface area contributed by atoms with Crippen LogP contribution in [0.2, 0.25) is 0 Å². The topological polar surface area (TPSA) is 84.6 Å². The van der Waals surface area contributed by atoms with Gasteiger partial charge in [0, 0.05) is 18.8 Å². The van der Waals surface area contributed by atoms with Crippen molar-refractivity contribution in [3.05, 3.63) is 23.1 Å². The molecule has 2 rings (SSSR count). The molecule has 0 atom stereocenters. The van der Waals surface area contributed by atoms with Gasteiger partial charge in [0.25, 0.3) is 0 Å². The van der Waals surface area contributed by atoms with Crippen molar-refractivity contribution in [2.24, 2.45) is 0 Å². The number of H-pyrrole nitrogens is 1. The Labute approximate surface area is 119 Å². The van der Waals surface area contributed by atoms with Crippen molar-refractivity contribution in [2.45, 2.75) is 46.6 Å². The van der Waals surface area contributed by atoms with Crippen LogP contribution in [0, 0.1) is 13.8 Å². The molecule has 0 unspecified atom stereocenters. The second-order valence-electron chi connectivity index (χ2n) is 5.12. The lowest BCUT2D eigenvalue weighted by Gasteiger charge is -2.10. The van der Waals surface area contributed by atoms with E-state index >= 15 is 0 Å². The number of nitrogens with two attached hydrogens (primary N) is 1. The Bertz CT molecular complexity index is 554. The first kappa shape index (κ1) is 14.4. The molecule has 0 amide bonds. The zero-order chi connectivity index (χ0) is 14.5. The number of aromatic amines is 1. The largest absolute Gasteiger partial charge is 0.394 e. The van der Waals surface area contributed by atoms with Crippen LogP contribution in [-0.4, -0.2) is 26.5 Å². The maximum absolute atomic E-state index is 6.07. The van der Waals surface area contributed by atoms with Gasteiger partial charge in [0.2, 0.25) is 0 Å². The fourth-order valence-corrected chi connectivity index (χ4v) is 2.27. The number of nitrogen functional groups attached to an aromatic ring is 1. The lowest BCUT2D eigenvalue weighted by Crippen LogP contribution is -2.11. The van der Waals surface area contributed by atoms with E-state index in [9.17, 15) is 0 Å². The molecule has 2 heterocycles. The van der Waals surface area contributed by atoms with Gasteiger partial charge in [0.1, 0.15) is 5.82 Å². The van der Waals surface area contributed by atoms with Crippen molar-refractivity contribution in [3.63, 3.8) is 0 Å². The van der Waals surface area contributed by atoms with Gasteiger partial charge in [-0.3, -0.25) is 5.10 Å². The number of rotatable bonds is 7. The van der Waals surface area contributed by atoms with E-state index in [4.69, 9.17) is 5.73 Å². The minimum Gasteiger partial charge on any atom is -0.394 e. The minimum absolute atomic E-state index is 0.762. The van der Waals surface area contributed by atoms with E-state index in [0.29, 0.717) is 0 Å². The van der Waals surface area contributed by atoms with E-state index in [1.807, 2.05) is 24.7 Å². The molecule has 6 nitrogen and oxygen atoms in total. The summed E-state index contributed by atoms with van der Waals surface area (Å²) in [7, 11) is 0. The van der Waals surface area contributed by atoms with Gasteiger partial charge < -0.3 is 11.1 Å². The fourth-order valence-electron chi connectivity index (χ4n) is 2.27. The number of aromatic nitrogens is 4. The smallest absolute Gasteiger partial charge is 0.148 e. The normalized spacial score (nSPS) is 10.9. The van der Waals surface area contributed by atoms with Crippen LogP contribution in [0.15, 0.2) is 6.20 Å². The predicted molar refractivity (Wildman–Crippen MR) is 81.8 cm³/mol. The molecular formula is C14H24N6. The Morgan fingerprint density at radius 2 is 2.20 bits per heavy atom. The second-order valence-corrected chi connectivity index (χ2v) is 5.12. The molecule has 0 fully saturated rings. The molecule has 0 aliphatic heterocycles. The molecule has 0 bridgehead atoms. The second kappa shape index (κ2) is 6.45. The summed E-state index contributed by atoms with van der Waals surface area (Å²) < 4.78 is 1.97. The van der Waals surface area contributed by atoms with Gasteiger partial charge in [-0.25, -0.2) is 4.68 Å².